The molecule has 0 radical (unpaired) electrons. The third-order valence-corrected chi connectivity index (χ3v) is 3.93. The van der Waals surface area contributed by atoms with Crippen molar-refractivity contribution in [1.82, 2.24) is 0 Å². The highest BCUT2D eigenvalue weighted by Gasteiger charge is 2.75. The SMILES string of the molecule is Oc1ccc(C(c2c(F)c(F)c(O)c(F)c2F)(C(F)(F)F)C(F)(F)F)c(F)c1F. The maximum Gasteiger partial charge on any atom is 0.411 e. The number of phenols is 2. The van der Waals surface area contributed by atoms with E-state index in [9.17, 15) is 52.7 Å². The maximum absolute atomic E-state index is 14.0. The molecule has 0 saturated heterocycles. The molecule has 0 amide bonds. The Labute approximate surface area is 151 Å². The van der Waals surface area contributed by atoms with E-state index in [1.54, 1.807) is 0 Å². The summed E-state index contributed by atoms with van der Waals surface area (Å²) < 4.78 is 165. The van der Waals surface area contributed by atoms with Crippen LogP contribution in [-0.4, -0.2) is 22.6 Å². The molecule has 0 atom stereocenters. The topological polar surface area (TPSA) is 40.5 Å². The Balaban J connectivity index is 3.27. The van der Waals surface area contributed by atoms with E-state index in [0.717, 1.165) is 0 Å². The van der Waals surface area contributed by atoms with Gasteiger partial charge in [-0.15, -0.1) is 0 Å². The van der Waals surface area contributed by atoms with E-state index in [1.807, 2.05) is 0 Å². The van der Waals surface area contributed by atoms with E-state index < -0.39 is 81.4 Å². The summed E-state index contributed by atoms with van der Waals surface area (Å²) in [4.78, 5) is 0. The lowest BCUT2D eigenvalue weighted by Gasteiger charge is -2.38. The zero-order valence-corrected chi connectivity index (χ0v) is 13.1. The smallest absolute Gasteiger partial charge is 0.411 e. The van der Waals surface area contributed by atoms with Gasteiger partial charge >= 0.3 is 12.4 Å². The number of benzene rings is 2. The molecular weight excluding hydrogens is 440 g/mol. The van der Waals surface area contributed by atoms with Crippen molar-refractivity contribution in [3.05, 3.63) is 58.2 Å². The van der Waals surface area contributed by atoms with Crippen LogP contribution in [0.15, 0.2) is 12.1 Å². The molecule has 0 heterocycles. The lowest BCUT2D eigenvalue weighted by Crippen LogP contribution is -2.56. The second-order valence-corrected chi connectivity index (χ2v) is 5.49. The third-order valence-electron chi connectivity index (χ3n) is 3.93. The molecule has 2 nitrogen and oxygen atoms in total. The van der Waals surface area contributed by atoms with Crippen LogP contribution in [0.5, 0.6) is 11.5 Å². The molecule has 2 rings (SSSR count). The Morgan fingerprint density at radius 1 is 0.552 bits per heavy atom. The van der Waals surface area contributed by atoms with E-state index in [4.69, 9.17) is 10.2 Å². The van der Waals surface area contributed by atoms with Crippen LogP contribution >= 0.6 is 0 Å². The van der Waals surface area contributed by atoms with Crippen molar-refractivity contribution in [2.24, 2.45) is 0 Å². The Kier molecular flexibility index (Phi) is 5.14. The highest BCUT2D eigenvalue weighted by molar-refractivity contribution is 5.50. The summed E-state index contributed by atoms with van der Waals surface area (Å²) in [5.41, 5.74) is -12.5. The Morgan fingerprint density at radius 2 is 0.966 bits per heavy atom. The van der Waals surface area contributed by atoms with Crippen molar-refractivity contribution in [3.63, 3.8) is 0 Å². The van der Waals surface area contributed by atoms with Gasteiger partial charge in [-0.1, -0.05) is 6.07 Å². The zero-order valence-electron chi connectivity index (χ0n) is 13.1. The second kappa shape index (κ2) is 6.62. The van der Waals surface area contributed by atoms with Crippen molar-refractivity contribution >= 4 is 0 Å². The number of aromatic hydroxyl groups is 2. The fraction of sp³-hybridized carbons (Fsp3) is 0.200. The van der Waals surface area contributed by atoms with Gasteiger partial charge < -0.3 is 10.2 Å². The molecule has 160 valence electrons. The first-order chi connectivity index (χ1) is 13.0. The molecule has 0 unspecified atom stereocenters. The van der Waals surface area contributed by atoms with Gasteiger partial charge in [-0.2, -0.15) is 39.5 Å². The van der Waals surface area contributed by atoms with Crippen molar-refractivity contribution in [1.29, 1.82) is 0 Å². The van der Waals surface area contributed by atoms with E-state index >= 15 is 0 Å². The molecule has 0 aromatic heterocycles. The quantitative estimate of drug-likeness (QED) is 0.485. The van der Waals surface area contributed by atoms with Crippen LogP contribution in [0.25, 0.3) is 0 Å². The highest BCUT2D eigenvalue weighted by atomic mass is 19.4. The molecular formula is C15H4F12O2. The summed E-state index contributed by atoms with van der Waals surface area (Å²) in [5, 5.41) is 17.7. The van der Waals surface area contributed by atoms with E-state index in [-0.39, 0.29) is 6.07 Å². The standard InChI is InChI=1S/C15H4F12O2/c16-6-3(1-2-4(28)7(6)17)13(14(22,23)24,15(25,26)27)5-8(18)10(20)12(29)11(21)9(5)19/h1-2,28-29H. The van der Waals surface area contributed by atoms with Gasteiger partial charge in [0.15, 0.2) is 29.0 Å². The minimum atomic E-state index is -6.97. The summed E-state index contributed by atoms with van der Waals surface area (Å²) in [7, 11) is 0. The van der Waals surface area contributed by atoms with Gasteiger partial charge in [0.2, 0.25) is 22.9 Å². The minimum Gasteiger partial charge on any atom is -0.505 e. The average Bonchev–Trinajstić information content (AvgIpc) is 2.58. The normalized spacial score (nSPS) is 13.1. The van der Waals surface area contributed by atoms with Crippen LogP contribution in [0.3, 0.4) is 0 Å². The largest absolute Gasteiger partial charge is 0.505 e. The monoisotopic (exact) mass is 444 g/mol. The number of halogens is 12. The molecule has 2 aromatic carbocycles. The van der Waals surface area contributed by atoms with Crippen LogP contribution in [0.2, 0.25) is 0 Å². The molecule has 14 heteroatoms. The first kappa shape index (κ1) is 22.5. The van der Waals surface area contributed by atoms with E-state index in [1.165, 1.54) is 0 Å². The molecule has 29 heavy (non-hydrogen) atoms. The number of phenolic OH excluding ortho intramolecular Hbond substituents is 2. The molecule has 2 aromatic rings. The van der Waals surface area contributed by atoms with Crippen molar-refractivity contribution in [3.8, 4) is 11.5 Å². The van der Waals surface area contributed by atoms with Crippen molar-refractivity contribution in [2.45, 2.75) is 17.8 Å². The Hall–Kier alpha value is -2.80. The van der Waals surface area contributed by atoms with Crippen molar-refractivity contribution < 1.29 is 62.9 Å². The fourth-order valence-electron chi connectivity index (χ4n) is 2.66. The van der Waals surface area contributed by atoms with Crippen LogP contribution in [0.1, 0.15) is 11.1 Å². The van der Waals surface area contributed by atoms with Crippen LogP contribution in [-0.2, 0) is 5.41 Å². The van der Waals surface area contributed by atoms with E-state index in [0.29, 0.717) is 0 Å². The molecule has 0 aliphatic heterocycles. The lowest BCUT2D eigenvalue weighted by molar-refractivity contribution is -0.291. The van der Waals surface area contributed by atoms with Crippen LogP contribution < -0.4 is 0 Å². The molecule has 0 saturated carbocycles. The first-order valence-corrected chi connectivity index (χ1v) is 6.88. The second-order valence-electron chi connectivity index (χ2n) is 5.49. The van der Waals surface area contributed by atoms with Crippen LogP contribution in [0.4, 0.5) is 52.7 Å². The Morgan fingerprint density at radius 3 is 1.34 bits per heavy atom. The van der Waals surface area contributed by atoms with Gasteiger partial charge in [0, 0.05) is 5.56 Å². The van der Waals surface area contributed by atoms with Crippen LogP contribution in [0, 0.1) is 34.9 Å². The number of hydrogen-bond acceptors (Lipinski definition) is 2. The first-order valence-electron chi connectivity index (χ1n) is 6.88. The molecule has 0 aliphatic carbocycles. The summed E-state index contributed by atoms with van der Waals surface area (Å²) in [6.07, 6.45) is -13.9. The van der Waals surface area contributed by atoms with E-state index in [2.05, 4.69) is 0 Å². The van der Waals surface area contributed by atoms with Gasteiger partial charge in [0.05, 0.1) is 5.56 Å². The summed E-state index contributed by atoms with van der Waals surface area (Å²) in [6, 6.07) is -0.723. The van der Waals surface area contributed by atoms with Gasteiger partial charge in [-0.3, -0.25) is 0 Å². The van der Waals surface area contributed by atoms with Gasteiger partial charge in [0.25, 0.3) is 0 Å². The van der Waals surface area contributed by atoms with Crippen molar-refractivity contribution in [2.75, 3.05) is 0 Å². The molecule has 0 fully saturated rings. The predicted octanol–water partition coefficient (Wildman–Crippen LogP) is 5.34. The Bertz CT molecular complexity index is 934. The summed E-state index contributed by atoms with van der Waals surface area (Å²) in [6.45, 7) is 0. The number of alkyl halides is 6. The maximum atomic E-state index is 14.0. The average molecular weight is 444 g/mol. The molecule has 0 bridgehead atoms. The molecule has 2 N–H and O–H groups in total. The predicted molar refractivity (Wildman–Crippen MR) is 68.9 cm³/mol. The zero-order chi connectivity index (χ0) is 22.7. The number of hydrogen-bond donors (Lipinski definition) is 2. The van der Waals surface area contributed by atoms with Gasteiger partial charge in [-0.05, 0) is 6.07 Å². The van der Waals surface area contributed by atoms with Gasteiger partial charge in [0.1, 0.15) is 0 Å². The highest BCUT2D eigenvalue weighted by Crippen LogP contribution is 2.59. The third kappa shape index (κ3) is 2.92. The lowest BCUT2D eigenvalue weighted by atomic mass is 9.71. The summed E-state index contributed by atoms with van der Waals surface area (Å²) >= 11 is 0. The molecule has 0 aliphatic rings. The molecule has 0 spiro atoms. The minimum absolute atomic E-state index is 0.205. The fourth-order valence-corrected chi connectivity index (χ4v) is 2.66. The van der Waals surface area contributed by atoms with Gasteiger partial charge in [-0.25, -0.2) is 13.2 Å². The summed E-state index contributed by atoms with van der Waals surface area (Å²) in [5.74, 6) is -22.9. The number of rotatable bonds is 2.